The van der Waals surface area contributed by atoms with Crippen LogP contribution in [0.5, 0.6) is 11.5 Å². The number of benzene rings is 2. The lowest BCUT2D eigenvalue weighted by Crippen LogP contribution is -2.44. The zero-order chi connectivity index (χ0) is 23.1. The first-order chi connectivity index (χ1) is 15.9. The number of hydrogen-bond acceptors (Lipinski definition) is 5. The molecule has 6 heteroatoms. The van der Waals surface area contributed by atoms with Gasteiger partial charge in [-0.3, -0.25) is 19.5 Å². The van der Waals surface area contributed by atoms with Crippen LogP contribution in [0.1, 0.15) is 59.6 Å². The quantitative estimate of drug-likeness (QED) is 0.485. The highest BCUT2D eigenvalue weighted by atomic mass is 16.5. The van der Waals surface area contributed by atoms with Crippen molar-refractivity contribution in [2.45, 2.75) is 39.3 Å². The van der Waals surface area contributed by atoms with Crippen LogP contribution in [0.4, 0.5) is 0 Å². The molecule has 0 fully saturated rings. The molecule has 0 aliphatic carbocycles. The van der Waals surface area contributed by atoms with Crippen molar-refractivity contribution >= 4 is 11.8 Å². The number of hydrogen-bond donors (Lipinski definition) is 0. The van der Waals surface area contributed by atoms with Crippen LogP contribution in [0.3, 0.4) is 0 Å². The number of fused-ring (bicyclic) bond motifs is 4. The Balaban J connectivity index is 1.38. The summed E-state index contributed by atoms with van der Waals surface area (Å²) in [5, 5.41) is 0. The van der Waals surface area contributed by atoms with E-state index in [1.807, 2.05) is 37.3 Å². The molecule has 5 rings (SSSR count). The van der Waals surface area contributed by atoms with Crippen LogP contribution >= 0.6 is 0 Å². The number of carbonyl (C=O) groups is 2. The van der Waals surface area contributed by atoms with E-state index in [9.17, 15) is 9.59 Å². The van der Waals surface area contributed by atoms with Crippen molar-refractivity contribution in [2.24, 2.45) is 5.92 Å². The molecule has 0 radical (unpaired) electrons. The Morgan fingerprint density at radius 1 is 1.00 bits per heavy atom. The third-order valence-corrected chi connectivity index (χ3v) is 6.17. The second kappa shape index (κ2) is 8.35. The summed E-state index contributed by atoms with van der Waals surface area (Å²) in [4.78, 5) is 31.9. The number of carbonyl (C=O) groups excluding carboxylic acids is 2. The van der Waals surface area contributed by atoms with Crippen LogP contribution in [0.25, 0.3) is 11.3 Å². The summed E-state index contributed by atoms with van der Waals surface area (Å²) in [6.45, 7) is 6.36. The lowest BCUT2D eigenvalue weighted by Gasteiger charge is -2.28. The molecular formula is C27H26N2O4. The van der Waals surface area contributed by atoms with Crippen molar-refractivity contribution in [3.8, 4) is 22.8 Å². The van der Waals surface area contributed by atoms with Gasteiger partial charge in [-0.05, 0) is 49.6 Å². The van der Waals surface area contributed by atoms with Gasteiger partial charge in [0, 0.05) is 23.4 Å². The molecule has 2 amide bonds. The van der Waals surface area contributed by atoms with Gasteiger partial charge in [-0.1, -0.05) is 32.0 Å². The Morgan fingerprint density at radius 2 is 1.73 bits per heavy atom. The molecule has 0 saturated carbocycles. The van der Waals surface area contributed by atoms with Crippen molar-refractivity contribution < 1.29 is 19.1 Å². The van der Waals surface area contributed by atoms with Gasteiger partial charge >= 0.3 is 0 Å². The average Bonchev–Trinajstić information content (AvgIpc) is 3.07. The predicted octanol–water partition coefficient (Wildman–Crippen LogP) is 5.29. The zero-order valence-electron chi connectivity index (χ0n) is 18.9. The number of rotatable bonds is 6. The number of pyridine rings is 1. The van der Waals surface area contributed by atoms with Crippen LogP contribution in [-0.4, -0.2) is 34.3 Å². The molecule has 1 unspecified atom stereocenters. The molecule has 0 bridgehead atoms. The zero-order valence-corrected chi connectivity index (χ0v) is 18.9. The molecule has 0 spiro atoms. The Kier molecular flexibility index (Phi) is 5.36. The highest BCUT2D eigenvalue weighted by Crippen LogP contribution is 2.42. The van der Waals surface area contributed by atoms with Crippen LogP contribution in [0.2, 0.25) is 0 Å². The monoisotopic (exact) mass is 442 g/mol. The molecule has 1 aromatic heterocycles. The fraction of sp³-hybridized carbons (Fsp3) is 0.296. The third kappa shape index (κ3) is 3.75. The van der Waals surface area contributed by atoms with E-state index in [1.54, 1.807) is 30.5 Å². The Hall–Kier alpha value is -3.67. The fourth-order valence-electron chi connectivity index (χ4n) is 4.63. The first-order valence-electron chi connectivity index (χ1n) is 11.3. The highest BCUT2D eigenvalue weighted by Gasteiger charge is 2.40. The van der Waals surface area contributed by atoms with E-state index in [0.29, 0.717) is 35.0 Å². The first-order valence-corrected chi connectivity index (χ1v) is 11.3. The molecule has 2 atom stereocenters. The van der Waals surface area contributed by atoms with Gasteiger partial charge in [0.25, 0.3) is 11.8 Å². The van der Waals surface area contributed by atoms with Gasteiger partial charge < -0.3 is 9.47 Å². The van der Waals surface area contributed by atoms with E-state index in [1.165, 1.54) is 4.90 Å². The maximum absolute atomic E-state index is 13.0. The summed E-state index contributed by atoms with van der Waals surface area (Å²) < 4.78 is 12.2. The topological polar surface area (TPSA) is 68.7 Å². The minimum absolute atomic E-state index is 0.108. The number of aromatic nitrogens is 1. The van der Waals surface area contributed by atoms with Crippen molar-refractivity contribution in [3.63, 3.8) is 0 Å². The van der Waals surface area contributed by atoms with Gasteiger partial charge in [0.2, 0.25) is 0 Å². The smallest absolute Gasteiger partial charge is 0.261 e. The Labute approximate surface area is 193 Å². The molecule has 168 valence electrons. The summed E-state index contributed by atoms with van der Waals surface area (Å²) in [6, 6.07) is 16.2. The Bertz CT molecular complexity index is 1200. The van der Waals surface area contributed by atoms with E-state index >= 15 is 0 Å². The number of imide groups is 1. The second-order valence-corrected chi connectivity index (χ2v) is 8.98. The van der Waals surface area contributed by atoms with Gasteiger partial charge in [-0.2, -0.15) is 0 Å². The van der Waals surface area contributed by atoms with Crippen molar-refractivity contribution in [3.05, 3.63) is 77.5 Å². The van der Waals surface area contributed by atoms with Crippen molar-refractivity contribution in [2.75, 3.05) is 6.61 Å². The van der Waals surface area contributed by atoms with Crippen LogP contribution in [0.15, 0.2) is 60.8 Å². The molecule has 3 heterocycles. The summed E-state index contributed by atoms with van der Waals surface area (Å²) >= 11 is 0. The largest absolute Gasteiger partial charge is 0.491 e. The Morgan fingerprint density at radius 3 is 2.42 bits per heavy atom. The van der Waals surface area contributed by atoms with Gasteiger partial charge in [-0.15, -0.1) is 0 Å². The second-order valence-electron chi connectivity index (χ2n) is 8.98. The minimum atomic E-state index is -0.365. The number of nitrogens with zero attached hydrogens (tertiary/aromatic N) is 2. The molecule has 33 heavy (non-hydrogen) atoms. The van der Waals surface area contributed by atoms with Gasteiger partial charge in [0.05, 0.1) is 22.9 Å². The molecule has 2 aromatic carbocycles. The van der Waals surface area contributed by atoms with E-state index in [2.05, 4.69) is 18.8 Å². The van der Waals surface area contributed by atoms with Gasteiger partial charge in [0.1, 0.15) is 24.2 Å². The fourth-order valence-corrected chi connectivity index (χ4v) is 4.63. The van der Waals surface area contributed by atoms with E-state index < -0.39 is 0 Å². The van der Waals surface area contributed by atoms with Crippen LogP contribution < -0.4 is 9.47 Å². The summed E-state index contributed by atoms with van der Waals surface area (Å²) in [7, 11) is 0. The first kappa shape index (κ1) is 21.2. The predicted molar refractivity (Wildman–Crippen MR) is 124 cm³/mol. The third-order valence-electron chi connectivity index (χ3n) is 6.17. The SMILES string of the molecule is CC(C)C[C@@H](COc1ccc2c(c1)OC(C)c1cccnc1-2)N1C(=O)c2ccccc2C1=O. The van der Waals surface area contributed by atoms with Crippen molar-refractivity contribution in [1.82, 2.24) is 9.88 Å². The summed E-state index contributed by atoms with van der Waals surface area (Å²) in [5.74, 6) is 1.13. The number of ether oxygens (including phenoxy) is 2. The maximum Gasteiger partial charge on any atom is 0.261 e. The average molecular weight is 443 g/mol. The van der Waals surface area contributed by atoms with Crippen molar-refractivity contribution in [1.29, 1.82) is 0 Å². The molecular weight excluding hydrogens is 416 g/mol. The molecule has 6 nitrogen and oxygen atoms in total. The molecule has 3 aromatic rings. The maximum atomic E-state index is 13.0. The van der Waals surface area contributed by atoms with Crippen LogP contribution in [0, 0.1) is 5.92 Å². The minimum Gasteiger partial charge on any atom is -0.491 e. The van der Waals surface area contributed by atoms with E-state index in [4.69, 9.17) is 9.47 Å². The molecule has 0 saturated heterocycles. The lowest BCUT2D eigenvalue weighted by atomic mass is 9.98. The normalized spacial score (nSPS) is 17.3. The summed E-state index contributed by atoms with van der Waals surface area (Å²) in [6.07, 6.45) is 2.33. The molecule has 2 aliphatic rings. The highest BCUT2D eigenvalue weighted by molar-refractivity contribution is 6.21. The standard InChI is InChI=1S/C27H26N2O4/c1-16(2)13-18(29-26(30)21-7-4-5-8-22(21)27(29)31)15-32-19-10-11-23-24(14-19)33-17(3)20-9-6-12-28-25(20)23/h4-12,14,16-18H,13,15H2,1-3H3/t17?,18-/m0/s1. The number of amides is 2. The summed E-state index contributed by atoms with van der Waals surface area (Å²) in [5.41, 5.74) is 3.81. The van der Waals surface area contributed by atoms with E-state index in [0.717, 1.165) is 16.8 Å². The lowest BCUT2D eigenvalue weighted by molar-refractivity contribution is 0.0507. The van der Waals surface area contributed by atoms with E-state index in [-0.39, 0.29) is 30.6 Å². The van der Waals surface area contributed by atoms with Crippen LogP contribution in [-0.2, 0) is 0 Å². The van der Waals surface area contributed by atoms with Gasteiger partial charge in [-0.25, -0.2) is 0 Å². The van der Waals surface area contributed by atoms with Gasteiger partial charge in [0.15, 0.2) is 0 Å². The molecule has 0 N–H and O–H groups in total. The molecule has 2 aliphatic heterocycles.